The first-order chi connectivity index (χ1) is 10.8. The standard InChI is InChI=1S/C14H22N4O3S2/c1-5-6-10-16-17-12(23-10)15-11(19)9-7-22-8-18(9)13(20)21-14(2,3)4/h9H,5-8H2,1-4H3,(H,15,17,19). The molecule has 1 aromatic heterocycles. The van der Waals surface area contributed by atoms with Crippen molar-refractivity contribution in [3.8, 4) is 0 Å². The van der Waals surface area contributed by atoms with Gasteiger partial charge in [-0.25, -0.2) is 4.79 Å². The number of hydrogen-bond acceptors (Lipinski definition) is 7. The summed E-state index contributed by atoms with van der Waals surface area (Å²) in [6.07, 6.45) is 1.36. The van der Waals surface area contributed by atoms with Crippen molar-refractivity contribution in [2.24, 2.45) is 0 Å². The van der Waals surface area contributed by atoms with Crippen molar-refractivity contribution >= 4 is 40.2 Å². The quantitative estimate of drug-likeness (QED) is 0.891. The van der Waals surface area contributed by atoms with E-state index in [0.717, 1.165) is 17.8 Å². The van der Waals surface area contributed by atoms with Gasteiger partial charge in [-0.05, 0) is 27.2 Å². The molecular formula is C14H22N4O3S2. The first-order valence-electron chi connectivity index (χ1n) is 7.50. The van der Waals surface area contributed by atoms with Crippen molar-refractivity contribution in [2.45, 2.75) is 52.2 Å². The summed E-state index contributed by atoms with van der Waals surface area (Å²) in [5.41, 5.74) is -0.584. The van der Waals surface area contributed by atoms with Crippen LogP contribution in [0.2, 0.25) is 0 Å². The van der Waals surface area contributed by atoms with Gasteiger partial charge >= 0.3 is 6.09 Å². The third kappa shape index (κ3) is 5.07. The lowest BCUT2D eigenvalue weighted by Crippen LogP contribution is -2.46. The van der Waals surface area contributed by atoms with E-state index < -0.39 is 17.7 Å². The SMILES string of the molecule is CCCc1nnc(NC(=O)C2CSCN2C(=O)OC(C)(C)C)s1. The Balaban J connectivity index is 1.98. The van der Waals surface area contributed by atoms with Gasteiger partial charge in [0.15, 0.2) is 0 Å². The first kappa shape index (κ1) is 18.0. The highest BCUT2D eigenvalue weighted by Gasteiger charge is 2.37. The van der Waals surface area contributed by atoms with Crippen LogP contribution in [0.5, 0.6) is 0 Å². The second-order valence-electron chi connectivity index (χ2n) is 6.21. The summed E-state index contributed by atoms with van der Waals surface area (Å²) in [5.74, 6) is 0.746. The molecule has 128 valence electrons. The van der Waals surface area contributed by atoms with Gasteiger partial charge in [0, 0.05) is 12.2 Å². The number of hydrogen-bond donors (Lipinski definition) is 1. The second-order valence-corrected chi connectivity index (χ2v) is 8.27. The molecule has 2 rings (SSSR count). The van der Waals surface area contributed by atoms with Gasteiger partial charge in [-0.2, -0.15) is 0 Å². The Bertz CT molecular complexity index is 571. The summed E-state index contributed by atoms with van der Waals surface area (Å²) in [5, 5.41) is 12.1. The highest BCUT2D eigenvalue weighted by Crippen LogP contribution is 2.25. The Morgan fingerprint density at radius 3 is 2.78 bits per heavy atom. The number of nitrogens with zero attached hydrogens (tertiary/aromatic N) is 3. The number of carbonyl (C=O) groups excluding carboxylic acids is 2. The van der Waals surface area contributed by atoms with Crippen molar-refractivity contribution in [1.29, 1.82) is 0 Å². The lowest BCUT2D eigenvalue weighted by atomic mass is 10.2. The van der Waals surface area contributed by atoms with Gasteiger partial charge in [0.05, 0.1) is 5.88 Å². The molecule has 2 heterocycles. The van der Waals surface area contributed by atoms with Gasteiger partial charge in [-0.3, -0.25) is 15.0 Å². The van der Waals surface area contributed by atoms with E-state index in [1.54, 1.807) is 20.8 Å². The van der Waals surface area contributed by atoms with E-state index in [0.29, 0.717) is 16.8 Å². The minimum absolute atomic E-state index is 0.250. The third-order valence-electron chi connectivity index (χ3n) is 2.97. The minimum Gasteiger partial charge on any atom is -0.444 e. The Labute approximate surface area is 144 Å². The van der Waals surface area contributed by atoms with Gasteiger partial charge in [-0.15, -0.1) is 22.0 Å². The average Bonchev–Trinajstić information content (AvgIpc) is 3.06. The number of ether oxygens (including phenoxy) is 1. The van der Waals surface area contributed by atoms with Crippen LogP contribution < -0.4 is 5.32 Å². The van der Waals surface area contributed by atoms with Crippen LogP contribution in [0.1, 0.15) is 39.1 Å². The van der Waals surface area contributed by atoms with E-state index in [-0.39, 0.29) is 5.91 Å². The number of aromatic nitrogens is 2. The molecule has 1 N–H and O–H groups in total. The van der Waals surface area contributed by atoms with Crippen LogP contribution in [0.15, 0.2) is 0 Å². The van der Waals surface area contributed by atoms with Crippen LogP contribution in [0.25, 0.3) is 0 Å². The molecule has 1 aliphatic rings. The van der Waals surface area contributed by atoms with Crippen LogP contribution in [0.4, 0.5) is 9.93 Å². The molecule has 2 amide bonds. The molecule has 0 spiro atoms. The summed E-state index contributed by atoms with van der Waals surface area (Å²) in [7, 11) is 0. The van der Waals surface area contributed by atoms with Crippen LogP contribution in [-0.4, -0.2) is 50.4 Å². The number of amides is 2. The number of nitrogens with one attached hydrogen (secondary N) is 1. The molecule has 0 aromatic carbocycles. The lowest BCUT2D eigenvalue weighted by Gasteiger charge is -2.27. The Kier molecular flexibility index (Phi) is 5.85. The molecule has 0 saturated carbocycles. The highest BCUT2D eigenvalue weighted by molar-refractivity contribution is 7.99. The monoisotopic (exact) mass is 358 g/mol. The summed E-state index contributed by atoms with van der Waals surface area (Å²) in [6, 6.07) is -0.548. The first-order valence-corrected chi connectivity index (χ1v) is 9.48. The topological polar surface area (TPSA) is 84.4 Å². The van der Waals surface area contributed by atoms with Gasteiger partial charge in [0.1, 0.15) is 16.7 Å². The zero-order chi connectivity index (χ0) is 17.0. The largest absolute Gasteiger partial charge is 0.444 e. The van der Waals surface area contributed by atoms with Crippen LogP contribution >= 0.6 is 23.1 Å². The Morgan fingerprint density at radius 1 is 1.39 bits per heavy atom. The number of aryl methyl sites for hydroxylation is 1. The molecule has 1 atom stereocenters. The van der Waals surface area contributed by atoms with Gasteiger partial charge in [0.2, 0.25) is 11.0 Å². The maximum Gasteiger partial charge on any atom is 0.411 e. The zero-order valence-electron chi connectivity index (χ0n) is 13.8. The summed E-state index contributed by atoms with van der Waals surface area (Å²) in [6.45, 7) is 7.48. The summed E-state index contributed by atoms with van der Waals surface area (Å²) < 4.78 is 5.36. The van der Waals surface area contributed by atoms with E-state index in [9.17, 15) is 9.59 Å². The number of rotatable bonds is 4. The number of carbonyl (C=O) groups is 2. The highest BCUT2D eigenvalue weighted by atomic mass is 32.2. The van der Waals surface area contributed by atoms with Gasteiger partial charge < -0.3 is 4.74 Å². The van der Waals surface area contributed by atoms with Crippen LogP contribution in [0.3, 0.4) is 0 Å². The molecular weight excluding hydrogens is 336 g/mol. The molecule has 1 unspecified atom stereocenters. The van der Waals surface area contributed by atoms with Crippen LogP contribution in [-0.2, 0) is 16.0 Å². The van der Waals surface area contributed by atoms with Gasteiger partial charge in [-0.1, -0.05) is 18.3 Å². The normalized spacial score (nSPS) is 18.1. The fraction of sp³-hybridized carbons (Fsp3) is 0.714. The molecule has 7 nitrogen and oxygen atoms in total. The fourth-order valence-corrected chi connectivity index (χ4v) is 3.95. The number of thioether (sulfide) groups is 1. The number of anilines is 1. The molecule has 0 aliphatic carbocycles. The smallest absolute Gasteiger partial charge is 0.411 e. The maximum atomic E-state index is 12.4. The minimum atomic E-state index is -0.584. The predicted molar refractivity (Wildman–Crippen MR) is 91.7 cm³/mol. The van der Waals surface area contributed by atoms with E-state index >= 15 is 0 Å². The Morgan fingerprint density at radius 2 is 2.13 bits per heavy atom. The van der Waals surface area contributed by atoms with Crippen molar-refractivity contribution in [1.82, 2.24) is 15.1 Å². The van der Waals surface area contributed by atoms with Crippen molar-refractivity contribution in [2.75, 3.05) is 16.9 Å². The zero-order valence-corrected chi connectivity index (χ0v) is 15.4. The second kappa shape index (κ2) is 7.48. The summed E-state index contributed by atoms with van der Waals surface area (Å²) >= 11 is 2.90. The molecule has 9 heteroatoms. The van der Waals surface area contributed by atoms with Crippen molar-refractivity contribution in [3.05, 3.63) is 5.01 Å². The van der Waals surface area contributed by atoms with Crippen LogP contribution in [0, 0.1) is 0 Å². The predicted octanol–water partition coefficient (Wildman–Crippen LogP) is 2.74. The molecule has 1 aliphatic heterocycles. The molecule has 1 saturated heterocycles. The molecule has 23 heavy (non-hydrogen) atoms. The molecule has 1 aromatic rings. The summed E-state index contributed by atoms with van der Waals surface area (Å²) in [4.78, 5) is 26.1. The van der Waals surface area contributed by atoms with Gasteiger partial charge in [0.25, 0.3) is 0 Å². The molecule has 0 bridgehead atoms. The molecule has 0 radical (unpaired) electrons. The third-order valence-corrected chi connectivity index (χ3v) is 4.88. The average molecular weight is 358 g/mol. The van der Waals surface area contributed by atoms with E-state index in [4.69, 9.17) is 4.74 Å². The van der Waals surface area contributed by atoms with Crippen molar-refractivity contribution in [3.63, 3.8) is 0 Å². The maximum absolute atomic E-state index is 12.4. The fourth-order valence-electron chi connectivity index (χ4n) is 1.97. The Hall–Kier alpha value is -1.35. The van der Waals surface area contributed by atoms with E-state index in [1.165, 1.54) is 28.0 Å². The lowest BCUT2D eigenvalue weighted by molar-refractivity contribution is -0.120. The van der Waals surface area contributed by atoms with Crippen molar-refractivity contribution < 1.29 is 14.3 Å². The van der Waals surface area contributed by atoms with E-state index in [1.807, 2.05) is 0 Å². The van der Waals surface area contributed by atoms with E-state index in [2.05, 4.69) is 22.4 Å². The molecule has 1 fully saturated rings.